The van der Waals surface area contributed by atoms with Crippen molar-refractivity contribution in [3.63, 3.8) is 0 Å². The second kappa shape index (κ2) is 6.69. The summed E-state index contributed by atoms with van der Waals surface area (Å²) in [6.45, 7) is 3.63. The van der Waals surface area contributed by atoms with Gasteiger partial charge < -0.3 is 2.85 Å². The molecule has 22 heavy (non-hydrogen) atoms. The van der Waals surface area contributed by atoms with Gasteiger partial charge in [0.2, 0.25) is 0 Å². The molecule has 0 saturated heterocycles. The van der Waals surface area contributed by atoms with Crippen molar-refractivity contribution in [3.05, 3.63) is 66.7 Å². The summed E-state index contributed by atoms with van der Waals surface area (Å²) < 4.78 is 33.2. The van der Waals surface area contributed by atoms with Gasteiger partial charge in [-0.3, -0.25) is 4.55 Å². The van der Waals surface area contributed by atoms with Crippen LogP contribution in [0.15, 0.2) is 66.1 Å². The van der Waals surface area contributed by atoms with Gasteiger partial charge >= 0.3 is 37.7 Å². The van der Waals surface area contributed by atoms with E-state index in [0.717, 1.165) is 16.2 Å². The first-order chi connectivity index (χ1) is 10.0. The molecule has 0 saturated carbocycles. The Bertz CT molecular complexity index is 972. The van der Waals surface area contributed by atoms with Crippen LogP contribution in [-0.2, 0) is 16.5 Å². The number of fused-ring (bicyclic) bond motifs is 3. The zero-order chi connectivity index (χ0) is 15.0. The summed E-state index contributed by atoms with van der Waals surface area (Å²) in [7, 11) is -4.30. The van der Waals surface area contributed by atoms with Crippen LogP contribution in [0.25, 0.3) is 21.5 Å². The molecule has 1 N–H and O–H groups in total. The Hall–Kier alpha value is -0.910. The molecule has 0 atom stereocenters. The van der Waals surface area contributed by atoms with Crippen molar-refractivity contribution in [2.75, 3.05) is 0 Å². The van der Waals surface area contributed by atoms with Crippen molar-refractivity contribution >= 4 is 69.4 Å². The van der Waals surface area contributed by atoms with E-state index in [4.69, 9.17) is 0 Å². The zero-order valence-corrected chi connectivity index (χ0v) is 15.0. The van der Waals surface area contributed by atoms with Gasteiger partial charge in [-0.15, -0.1) is 6.58 Å². The third-order valence-corrected chi connectivity index (χ3v) is 4.58. The zero-order valence-electron chi connectivity index (χ0n) is 14.0. The van der Waals surface area contributed by atoms with Crippen LogP contribution in [-0.4, -0.2) is 50.7 Å². The molecular weight excluding hydrogens is 324 g/mol. The first kappa shape index (κ1) is 17.4. The van der Waals surface area contributed by atoms with Gasteiger partial charge in [-0.05, 0) is 28.1 Å². The van der Waals surface area contributed by atoms with Crippen LogP contribution in [0.1, 0.15) is 8.42 Å². The summed E-state index contributed by atoms with van der Waals surface area (Å²) in [6.07, 6.45) is 2.01. The van der Waals surface area contributed by atoms with Crippen LogP contribution in [0.3, 0.4) is 0 Å². The Morgan fingerprint density at radius 3 is 2.36 bits per heavy atom. The van der Waals surface area contributed by atoms with E-state index < -0.39 is 10.1 Å². The third-order valence-electron chi connectivity index (χ3n) is 3.58. The predicted molar refractivity (Wildman–Crippen MR) is 93.1 cm³/mol. The largest absolute Gasteiger partial charge is 2.00 e. The molecule has 0 unspecified atom stereocenters. The van der Waals surface area contributed by atoms with Crippen molar-refractivity contribution in [2.45, 2.75) is 11.3 Å². The van der Waals surface area contributed by atoms with E-state index in [1.54, 1.807) is 18.2 Å². The third kappa shape index (κ3) is 3.07. The van der Waals surface area contributed by atoms with Crippen molar-refractivity contribution < 1.29 is 15.8 Å². The second-order valence-corrected chi connectivity index (χ2v) is 6.26. The fraction of sp³-hybridized carbons (Fsp3) is 0.0588. The quantitative estimate of drug-likeness (QED) is 0.341. The number of hydrogen-bond acceptors (Lipinski definition) is 2. The molecule has 0 aliphatic carbocycles. The molecule has 3 rings (SSSR count). The Morgan fingerprint density at radius 2 is 1.68 bits per heavy atom. The van der Waals surface area contributed by atoms with E-state index in [0.29, 0.717) is 17.4 Å². The molecule has 110 valence electrons. The monoisotopic (exact) mass is 340 g/mol. The van der Waals surface area contributed by atoms with Crippen molar-refractivity contribution in [1.82, 2.24) is 0 Å². The van der Waals surface area contributed by atoms with Crippen molar-refractivity contribution in [2.24, 2.45) is 0 Å². The molecule has 0 aromatic heterocycles. The van der Waals surface area contributed by atoms with Gasteiger partial charge in [-0.1, -0.05) is 54.6 Å². The topological polar surface area (TPSA) is 54.4 Å². The maximum atomic E-state index is 11.8. The first-order valence-electron chi connectivity index (χ1n) is 6.54. The Balaban J connectivity index is 0.00000176. The number of rotatable bonds is 3. The van der Waals surface area contributed by atoms with Crippen LogP contribution in [0.4, 0.5) is 0 Å². The minimum absolute atomic E-state index is 0. The molecule has 0 spiro atoms. The summed E-state index contributed by atoms with van der Waals surface area (Å²) in [5.74, 6) is 0. The number of hydrogen-bond donors (Lipinski definition) is 1. The molecule has 0 bridgehead atoms. The smallest absolute Gasteiger partial charge is 1.00 e. The van der Waals surface area contributed by atoms with E-state index in [1.165, 1.54) is 0 Å². The van der Waals surface area contributed by atoms with E-state index in [2.05, 4.69) is 6.58 Å². The Kier molecular flexibility index (Phi) is 5.30. The van der Waals surface area contributed by atoms with Crippen LogP contribution in [0, 0.1) is 0 Å². The molecule has 5 heteroatoms. The minimum Gasteiger partial charge on any atom is -1.00 e. The molecule has 0 amide bonds. The summed E-state index contributed by atoms with van der Waals surface area (Å²) in [6, 6.07) is 15.0. The van der Waals surface area contributed by atoms with Gasteiger partial charge in [0.1, 0.15) is 4.90 Å². The molecular formula is C17H16CaO3S. The van der Waals surface area contributed by atoms with Crippen molar-refractivity contribution in [3.8, 4) is 0 Å². The van der Waals surface area contributed by atoms with Gasteiger partial charge in [0.15, 0.2) is 0 Å². The van der Waals surface area contributed by atoms with Gasteiger partial charge in [-0.2, -0.15) is 8.42 Å². The summed E-state index contributed by atoms with van der Waals surface area (Å²) in [5.41, 5.74) is 0.551. The maximum Gasteiger partial charge on any atom is 2.00 e. The summed E-state index contributed by atoms with van der Waals surface area (Å²) in [5, 5.41) is 3.34. The second-order valence-electron chi connectivity index (χ2n) is 4.90. The number of allylic oxidation sites excluding steroid dienone is 1. The molecule has 0 aliphatic heterocycles. The van der Waals surface area contributed by atoms with Crippen LogP contribution in [0.2, 0.25) is 0 Å². The predicted octanol–water partition coefficient (Wildman–Crippen LogP) is 3.81. The Labute approximate surface area is 162 Å². The molecule has 3 aromatic rings. The summed E-state index contributed by atoms with van der Waals surface area (Å²) >= 11 is 0. The van der Waals surface area contributed by atoms with E-state index in [9.17, 15) is 13.0 Å². The van der Waals surface area contributed by atoms with Crippen LogP contribution >= 0.6 is 0 Å². The summed E-state index contributed by atoms with van der Waals surface area (Å²) in [4.78, 5) is -0.0225. The van der Waals surface area contributed by atoms with E-state index in [-0.39, 0.29) is 45.5 Å². The van der Waals surface area contributed by atoms with E-state index >= 15 is 0 Å². The molecule has 0 aliphatic rings. The normalized spacial score (nSPS) is 11.3. The van der Waals surface area contributed by atoms with Gasteiger partial charge in [0.05, 0.1) is 0 Å². The SMILES string of the molecule is C=CCc1ccc2c(ccc3ccccc32)c1S(=O)(=O)O.[Ca+2].[H-].[H-]. The average molecular weight is 340 g/mol. The van der Waals surface area contributed by atoms with Crippen LogP contribution in [0.5, 0.6) is 0 Å². The van der Waals surface area contributed by atoms with Gasteiger partial charge in [0, 0.05) is 5.39 Å². The minimum atomic E-state index is -4.30. The molecule has 0 heterocycles. The van der Waals surface area contributed by atoms with E-state index in [1.807, 2.05) is 36.4 Å². The van der Waals surface area contributed by atoms with Crippen molar-refractivity contribution in [1.29, 1.82) is 0 Å². The molecule has 0 fully saturated rings. The maximum absolute atomic E-state index is 11.8. The molecule has 3 aromatic carbocycles. The van der Waals surface area contributed by atoms with Gasteiger partial charge in [0.25, 0.3) is 10.1 Å². The van der Waals surface area contributed by atoms with Crippen LogP contribution < -0.4 is 0 Å². The number of benzene rings is 3. The average Bonchev–Trinajstić information content (AvgIpc) is 2.45. The Morgan fingerprint density at radius 1 is 1.00 bits per heavy atom. The standard InChI is InChI=1S/C17H14O3S.Ca.2H/c1-2-5-13-9-10-15-14-7-4-3-6-12(14)8-11-16(15)17(13)21(18,19)20;;;/h2-4,6-11H,1,5H2,(H,18,19,20);;;/q;+2;2*-1. The fourth-order valence-electron chi connectivity index (χ4n) is 2.73. The molecule has 0 radical (unpaired) electrons. The first-order valence-corrected chi connectivity index (χ1v) is 7.98. The molecule has 3 nitrogen and oxygen atoms in total. The van der Waals surface area contributed by atoms with Gasteiger partial charge in [-0.25, -0.2) is 0 Å². The fourth-order valence-corrected chi connectivity index (χ4v) is 3.67.